The molecule has 3 nitrogen and oxygen atoms in total. The van der Waals surface area contributed by atoms with Crippen LogP contribution in [0.2, 0.25) is 5.02 Å². The summed E-state index contributed by atoms with van der Waals surface area (Å²) in [4.78, 5) is 13.1. The summed E-state index contributed by atoms with van der Waals surface area (Å²) in [5.41, 5.74) is 0.830. The number of likely N-dealkylation sites (tertiary alicyclic amines) is 1. The van der Waals surface area contributed by atoms with Crippen molar-refractivity contribution in [2.24, 2.45) is 11.8 Å². The average Bonchev–Trinajstić information content (AvgIpc) is 2.64. The Hall–Kier alpha value is -1.13. The maximum atomic E-state index is 12.9. The third-order valence-corrected chi connectivity index (χ3v) is 3.77. The highest BCUT2D eigenvalue weighted by molar-refractivity contribution is 6.31. The van der Waals surface area contributed by atoms with Crippen LogP contribution in [0.1, 0.15) is 12.5 Å². The van der Waals surface area contributed by atoms with Crippen LogP contribution in [-0.4, -0.2) is 29.1 Å². The molecule has 0 bridgehead atoms. The zero-order valence-electron chi connectivity index (χ0n) is 10.1. The predicted molar refractivity (Wildman–Crippen MR) is 67.0 cm³/mol. The lowest BCUT2D eigenvalue weighted by atomic mass is 9.99. The van der Waals surface area contributed by atoms with E-state index in [2.05, 4.69) is 0 Å². The molecule has 0 unspecified atom stereocenters. The molecule has 1 N–H and O–H groups in total. The SMILES string of the molecule is C[C@@H]1CN(Cc2ccc(F)cc2Cl)C[C@H]1C(=O)O. The average molecular weight is 272 g/mol. The number of nitrogens with zero attached hydrogens (tertiary/aromatic N) is 1. The van der Waals surface area contributed by atoms with Crippen molar-refractivity contribution in [2.75, 3.05) is 13.1 Å². The molecule has 0 saturated carbocycles. The second-order valence-corrected chi connectivity index (χ2v) is 5.26. The van der Waals surface area contributed by atoms with Crippen LogP contribution >= 0.6 is 11.6 Å². The number of hydrogen-bond acceptors (Lipinski definition) is 2. The van der Waals surface area contributed by atoms with Gasteiger partial charge in [0.15, 0.2) is 0 Å². The maximum absolute atomic E-state index is 12.9. The highest BCUT2D eigenvalue weighted by Gasteiger charge is 2.34. The Bertz CT molecular complexity index is 466. The minimum Gasteiger partial charge on any atom is -0.481 e. The minimum absolute atomic E-state index is 0.127. The van der Waals surface area contributed by atoms with Gasteiger partial charge in [0.2, 0.25) is 0 Å². The fourth-order valence-corrected chi connectivity index (χ4v) is 2.64. The molecule has 0 amide bonds. The lowest BCUT2D eigenvalue weighted by Gasteiger charge is -2.16. The molecular weight excluding hydrogens is 257 g/mol. The molecule has 18 heavy (non-hydrogen) atoms. The van der Waals surface area contributed by atoms with Crippen molar-refractivity contribution in [3.05, 3.63) is 34.6 Å². The molecule has 0 aliphatic carbocycles. The molecule has 1 heterocycles. The normalized spacial score (nSPS) is 24.4. The van der Waals surface area contributed by atoms with E-state index in [0.29, 0.717) is 18.1 Å². The van der Waals surface area contributed by atoms with Crippen LogP contribution in [0.15, 0.2) is 18.2 Å². The van der Waals surface area contributed by atoms with Gasteiger partial charge in [-0.2, -0.15) is 0 Å². The van der Waals surface area contributed by atoms with Gasteiger partial charge in [-0.25, -0.2) is 4.39 Å². The van der Waals surface area contributed by atoms with Crippen LogP contribution in [0.4, 0.5) is 4.39 Å². The Balaban J connectivity index is 2.05. The van der Waals surface area contributed by atoms with Gasteiger partial charge in [-0.05, 0) is 23.6 Å². The second kappa shape index (κ2) is 5.24. The van der Waals surface area contributed by atoms with E-state index in [4.69, 9.17) is 16.7 Å². The molecule has 1 fully saturated rings. The summed E-state index contributed by atoms with van der Waals surface area (Å²) in [6.07, 6.45) is 0. The van der Waals surface area contributed by atoms with Crippen molar-refractivity contribution in [2.45, 2.75) is 13.5 Å². The number of aliphatic carboxylic acids is 1. The highest BCUT2D eigenvalue weighted by atomic mass is 35.5. The number of rotatable bonds is 3. The van der Waals surface area contributed by atoms with Gasteiger partial charge in [-0.15, -0.1) is 0 Å². The fourth-order valence-electron chi connectivity index (χ4n) is 2.41. The Morgan fingerprint density at radius 1 is 1.56 bits per heavy atom. The lowest BCUT2D eigenvalue weighted by Crippen LogP contribution is -2.23. The fraction of sp³-hybridized carbons (Fsp3) is 0.462. The van der Waals surface area contributed by atoms with E-state index in [9.17, 15) is 9.18 Å². The quantitative estimate of drug-likeness (QED) is 0.919. The topological polar surface area (TPSA) is 40.5 Å². The number of hydrogen-bond donors (Lipinski definition) is 1. The summed E-state index contributed by atoms with van der Waals surface area (Å²) in [6, 6.07) is 4.30. The standard InChI is InChI=1S/C13H15ClFNO2/c1-8-5-16(7-11(8)13(17)18)6-9-2-3-10(15)4-12(9)14/h2-4,8,11H,5-7H2,1H3,(H,17,18)/t8-,11-/m1/s1. The lowest BCUT2D eigenvalue weighted by molar-refractivity contribution is -0.142. The zero-order chi connectivity index (χ0) is 13.3. The molecule has 1 aliphatic rings. The van der Waals surface area contributed by atoms with Crippen LogP contribution in [0, 0.1) is 17.7 Å². The van der Waals surface area contributed by atoms with Crippen molar-refractivity contribution in [3.63, 3.8) is 0 Å². The van der Waals surface area contributed by atoms with Crippen LogP contribution in [0.5, 0.6) is 0 Å². The minimum atomic E-state index is -0.754. The molecule has 1 aromatic carbocycles. The summed E-state index contributed by atoms with van der Waals surface area (Å²) in [5.74, 6) is -1.32. The molecule has 1 saturated heterocycles. The van der Waals surface area contributed by atoms with Gasteiger partial charge in [0, 0.05) is 24.7 Å². The molecule has 2 atom stereocenters. The van der Waals surface area contributed by atoms with E-state index in [0.717, 1.165) is 12.1 Å². The summed E-state index contributed by atoms with van der Waals surface area (Å²) < 4.78 is 12.9. The number of carboxylic acids is 1. The van der Waals surface area contributed by atoms with Crippen molar-refractivity contribution in [3.8, 4) is 0 Å². The molecule has 98 valence electrons. The Labute approximate surface area is 110 Å². The van der Waals surface area contributed by atoms with Crippen molar-refractivity contribution < 1.29 is 14.3 Å². The molecule has 0 spiro atoms. The van der Waals surface area contributed by atoms with E-state index in [-0.39, 0.29) is 17.7 Å². The van der Waals surface area contributed by atoms with Crippen LogP contribution in [-0.2, 0) is 11.3 Å². The third-order valence-electron chi connectivity index (χ3n) is 3.41. The Morgan fingerprint density at radius 2 is 2.28 bits per heavy atom. The Kier molecular flexibility index (Phi) is 3.88. The molecule has 0 aromatic heterocycles. The first-order chi connectivity index (χ1) is 8.47. The smallest absolute Gasteiger partial charge is 0.308 e. The first-order valence-electron chi connectivity index (χ1n) is 5.86. The van der Waals surface area contributed by atoms with Gasteiger partial charge in [-0.1, -0.05) is 24.6 Å². The zero-order valence-corrected chi connectivity index (χ0v) is 10.8. The molecular formula is C13H15ClFNO2. The van der Waals surface area contributed by atoms with Gasteiger partial charge < -0.3 is 5.11 Å². The van der Waals surface area contributed by atoms with Gasteiger partial charge in [0.25, 0.3) is 0 Å². The van der Waals surface area contributed by atoms with E-state index < -0.39 is 5.97 Å². The van der Waals surface area contributed by atoms with Gasteiger partial charge >= 0.3 is 5.97 Å². The van der Waals surface area contributed by atoms with Gasteiger partial charge in [0.1, 0.15) is 5.82 Å². The number of carboxylic acid groups (broad SMARTS) is 1. The van der Waals surface area contributed by atoms with Crippen LogP contribution in [0.25, 0.3) is 0 Å². The first-order valence-corrected chi connectivity index (χ1v) is 6.24. The van der Waals surface area contributed by atoms with E-state index in [1.807, 2.05) is 11.8 Å². The van der Waals surface area contributed by atoms with Crippen molar-refractivity contribution >= 4 is 17.6 Å². The van der Waals surface area contributed by atoms with E-state index in [1.54, 1.807) is 6.07 Å². The van der Waals surface area contributed by atoms with Gasteiger partial charge in [-0.3, -0.25) is 9.69 Å². The first kappa shape index (κ1) is 13.3. The molecule has 5 heteroatoms. The summed E-state index contributed by atoms with van der Waals surface area (Å²) in [6.45, 7) is 3.74. The second-order valence-electron chi connectivity index (χ2n) is 4.85. The summed E-state index contributed by atoms with van der Waals surface area (Å²) in [5, 5.41) is 9.45. The van der Waals surface area contributed by atoms with E-state index >= 15 is 0 Å². The highest BCUT2D eigenvalue weighted by Crippen LogP contribution is 2.26. The maximum Gasteiger partial charge on any atom is 0.308 e. The van der Waals surface area contributed by atoms with E-state index in [1.165, 1.54) is 12.1 Å². The summed E-state index contributed by atoms with van der Waals surface area (Å²) >= 11 is 5.96. The van der Waals surface area contributed by atoms with Crippen molar-refractivity contribution in [1.82, 2.24) is 4.90 Å². The van der Waals surface area contributed by atoms with Gasteiger partial charge in [0.05, 0.1) is 5.92 Å². The molecule has 1 aromatic rings. The number of benzene rings is 1. The molecule has 1 aliphatic heterocycles. The largest absolute Gasteiger partial charge is 0.481 e. The molecule has 2 rings (SSSR count). The predicted octanol–water partition coefficient (Wildman–Crippen LogP) is 2.63. The number of halogens is 2. The monoisotopic (exact) mass is 271 g/mol. The van der Waals surface area contributed by atoms with Crippen molar-refractivity contribution in [1.29, 1.82) is 0 Å². The summed E-state index contributed by atoms with van der Waals surface area (Å²) in [7, 11) is 0. The number of carbonyl (C=O) groups is 1. The Morgan fingerprint density at radius 3 is 2.83 bits per heavy atom. The van der Waals surface area contributed by atoms with Crippen LogP contribution in [0.3, 0.4) is 0 Å². The third kappa shape index (κ3) is 2.82. The van der Waals surface area contributed by atoms with Crippen LogP contribution < -0.4 is 0 Å². The molecule has 0 radical (unpaired) electrons.